The highest BCUT2D eigenvalue weighted by Gasteiger charge is 2.20. The van der Waals surface area contributed by atoms with Gasteiger partial charge in [0.25, 0.3) is 11.5 Å². The number of aromatic nitrogens is 2. The van der Waals surface area contributed by atoms with Crippen LogP contribution in [-0.2, 0) is 4.74 Å². The lowest BCUT2D eigenvalue weighted by Gasteiger charge is -2.32. The Labute approximate surface area is 144 Å². The van der Waals surface area contributed by atoms with E-state index in [2.05, 4.69) is 15.2 Å². The van der Waals surface area contributed by atoms with Crippen LogP contribution < -0.4 is 10.9 Å². The van der Waals surface area contributed by atoms with Gasteiger partial charge in [-0.15, -0.1) is 0 Å². The number of amides is 1. The van der Waals surface area contributed by atoms with Crippen LogP contribution in [0.2, 0.25) is 0 Å². The van der Waals surface area contributed by atoms with Crippen LogP contribution in [0.25, 0.3) is 16.6 Å². The van der Waals surface area contributed by atoms with E-state index in [1.807, 2.05) is 29.5 Å². The number of hydrogen-bond acceptors (Lipinski definition) is 4. The van der Waals surface area contributed by atoms with Crippen LogP contribution in [0.3, 0.4) is 0 Å². The van der Waals surface area contributed by atoms with Crippen molar-refractivity contribution in [1.29, 1.82) is 0 Å². The fourth-order valence-corrected chi connectivity index (χ4v) is 3.27. The summed E-state index contributed by atoms with van der Waals surface area (Å²) in [6, 6.07) is 9.05. The second-order valence-corrected chi connectivity index (χ2v) is 6.25. The van der Waals surface area contributed by atoms with Crippen molar-refractivity contribution in [2.75, 3.05) is 26.3 Å². The standard InChI is InChI=1S/C18H20N4O3/c1-12(21-6-8-25-9-7-21)19-17(23)13-10-16-20-18(24)14-4-2-3-5-15(14)22(16)11-13/h2-5,10-12H,6-9H2,1H3,(H,19,23)(H,20,24). The summed E-state index contributed by atoms with van der Waals surface area (Å²) < 4.78 is 7.18. The Balaban J connectivity index is 1.64. The highest BCUT2D eigenvalue weighted by Crippen LogP contribution is 2.15. The Bertz CT molecular complexity index is 985. The van der Waals surface area contributed by atoms with E-state index >= 15 is 0 Å². The van der Waals surface area contributed by atoms with Crippen molar-refractivity contribution in [3.8, 4) is 0 Å². The molecule has 0 radical (unpaired) electrons. The van der Waals surface area contributed by atoms with E-state index in [9.17, 15) is 9.59 Å². The number of fused-ring (bicyclic) bond motifs is 3. The Kier molecular flexibility index (Phi) is 4.03. The molecule has 0 saturated carbocycles. The zero-order chi connectivity index (χ0) is 17.4. The lowest BCUT2D eigenvalue weighted by Crippen LogP contribution is -2.50. The van der Waals surface area contributed by atoms with Crippen LogP contribution in [0.1, 0.15) is 17.3 Å². The van der Waals surface area contributed by atoms with Crippen LogP contribution in [0.4, 0.5) is 0 Å². The predicted molar refractivity (Wildman–Crippen MR) is 94.8 cm³/mol. The van der Waals surface area contributed by atoms with Crippen LogP contribution in [0, 0.1) is 0 Å². The number of carbonyl (C=O) groups is 1. The summed E-state index contributed by atoms with van der Waals surface area (Å²) in [6.07, 6.45) is 1.69. The number of para-hydroxylation sites is 1. The third kappa shape index (κ3) is 2.92. The van der Waals surface area contributed by atoms with Gasteiger partial charge in [0.05, 0.1) is 35.8 Å². The molecule has 0 aliphatic carbocycles. The molecule has 1 aliphatic rings. The van der Waals surface area contributed by atoms with Crippen LogP contribution in [-0.4, -0.2) is 52.7 Å². The maximum absolute atomic E-state index is 12.6. The Hall–Kier alpha value is -2.64. The monoisotopic (exact) mass is 340 g/mol. The summed E-state index contributed by atoms with van der Waals surface area (Å²) in [6.45, 7) is 4.94. The summed E-state index contributed by atoms with van der Waals surface area (Å²) >= 11 is 0. The zero-order valence-electron chi connectivity index (χ0n) is 14.0. The molecule has 130 valence electrons. The molecule has 2 aromatic heterocycles. The smallest absolute Gasteiger partial charge is 0.258 e. The van der Waals surface area contributed by atoms with E-state index in [0.717, 1.165) is 18.6 Å². The molecule has 4 rings (SSSR count). The number of morpholine rings is 1. The SMILES string of the molecule is CC(NC(=O)c1cc2[nH]c(=O)c3ccccc3n2c1)N1CCOCC1. The van der Waals surface area contributed by atoms with Gasteiger partial charge in [0.2, 0.25) is 0 Å². The van der Waals surface area contributed by atoms with Crippen molar-refractivity contribution in [3.05, 3.63) is 52.4 Å². The van der Waals surface area contributed by atoms with E-state index in [0.29, 0.717) is 29.8 Å². The first-order chi connectivity index (χ1) is 12.1. The number of benzene rings is 1. The molecule has 2 N–H and O–H groups in total. The predicted octanol–water partition coefficient (Wildman–Crippen LogP) is 1.19. The molecule has 1 aliphatic heterocycles. The van der Waals surface area contributed by atoms with Gasteiger partial charge < -0.3 is 19.4 Å². The molecule has 25 heavy (non-hydrogen) atoms. The number of carbonyl (C=O) groups excluding carboxylic acids is 1. The summed E-state index contributed by atoms with van der Waals surface area (Å²) in [7, 11) is 0. The number of nitrogens with zero attached hydrogens (tertiary/aromatic N) is 2. The lowest BCUT2D eigenvalue weighted by molar-refractivity contribution is 0.0133. The van der Waals surface area contributed by atoms with Crippen molar-refractivity contribution in [3.63, 3.8) is 0 Å². The maximum atomic E-state index is 12.6. The molecule has 1 atom stereocenters. The number of ether oxygens (including phenoxy) is 1. The van der Waals surface area contributed by atoms with E-state index in [4.69, 9.17) is 4.74 Å². The summed E-state index contributed by atoms with van der Waals surface area (Å²) in [4.78, 5) is 29.8. The first kappa shape index (κ1) is 15.9. The Morgan fingerprint density at radius 1 is 1.28 bits per heavy atom. The van der Waals surface area contributed by atoms with E-state index < -0.39 is 0 Å². The normalized spacial score (nSPS) is 17.0. The second kappa shape index (κ2) is 6.34. The summed E-state index contributed by atoms with van der Waals surface area (Å²) in [5, 5.41) is 3.61. The number of H-pyrrole nitrogens is 1. The minimum absolute atomic E-state index is 0.0739. The van der Waals surface area contributed by atoms with Crippen molar-refractivity contribution in [2.24, 2.45) is 0 Å². The molecule has 1 fully saturated rings. The summed E-state index contributed by atoms with van der Waals surface area (Å²) in [5.74, 6) is -0.160. The molecular formula is C18H20N4O3. The first-order valence-corrected chi connectivity index (χ1v) is 8.39. The molecule has 3 aromatic rings. The van der Waals surface area contributed by atoms with E-state index in [1.54, 1.807) is 18.3 Å². The maximum Gasteiger partial charge on any atom is 0.258 e. The molecule has 1 saturated heterocycles. The minimum Gasteiger partial charge on any atom is -0.379 e. The van der Waals surface area contributed by atoms with Crippen molar-refractivity contribution in [1.82, 2.24) is 19.6 Å². The van der Waals surface area contributed by atoms with Gasteiger partial charge >= 0.3 is 0 Å². The molecule has 7 heteroatoms. The van der Waals surface area contributed by atoms with Crippen molar-refractivity contribution in [2.45, 2.75) is 13.1 Å². The Morgan fingerprint density at radius 2 is 2.04 bits per heavy atom. The van der Waals surface area contributed by atoms with E-state index in [-0.39, 0.29) is 17.6 Å². The van der Waals surface area contributed by atoms with Gasteiger partial charge in [-0.1, -0.05) is 12.1 Å². The topological polar surface area (TPSA) is 78.8 Å². The van der Waals surface area contributed by atoms with Gasteiger partial charge in [-0.25, -0.2) is 0 Å². The minimum atomic E-state index is -0.160. The fraction of sp³-hybridized carbons (Fsp3) is 0.333. The molecule has 1 amide bonds. The molecule has 3 heterocycles. The van der Waals surface area contributed by atoms with Gasteiger partial charge in [0.1, 0.15) is 5.65 Å². The van der Waals surface area contributed by atoms with E-state index in [1.165, 1.54) is 0 Å². The quantitative estimate of drug-likeness (QED) is 0.751. The van der Waals surface area contributed by atoms with Crippen molar-refractivity contribution < 1.29 is 9.53 Å². The molecule has 0 bridgehead atoms. The molecular weight excluding hydrogens is 320 g/mol. The lowest BCUT2D eigenvalue weighted by atomic mass is 10.2. The fourth-order valence-electron chi connectivity index (χ4n) is 3.27. The van der Waals surface area contributed by atoms with Gasteiger partial charge in [0.15, 0.2) is 0 Å². The van der Waals surface area contributed by atoms with Gasteiger partial charge in [-0.05, 0) is 25.1 Å². The number of hydrogen-bond donors (Lipinski definition) is 2. The number of nitrogens with one attached hydrogen (secondary N) is 2. The average molecular weight is 340 g/mol. The molecule has 7 nitrogen and oxygen atoms in total. The third-order valence-corrected chi connectivity index (χ3v) is 4.67. The zero-order valence-corrected chi connectivity index (χ0v) is 14.0. The highest BCUT2D eigenvalue weighted by molar-refractivity contribution is 5.96. The molecule has 0 spiro atoms. The largest absolute Gasteiger partial charge is 0.379 e. The van der Waals surface area contributed by atoms with Crippen molar-refractivity contribution >= 4 is 22.5 Å². The summed E-state index contributed by atoms with van der Waals surface area (Å²) in [5.41, 5.74) is 1.75. The second-order valence-electron chi connectivity index (χ2n) is 6.25. The number of rotatable bonds is 3. The van der Waals surface area contributed by atoms with Crippen LogP contribution in [0.15, 0.2) is 41.3 Å². The molecule has 1 aromatic carbocycles. The van der Waals surface area contributed by atoms with Gasteiger partial charge in [-0.3, -0.25) is 14.5 Å². The highest BCUT2D eigenvalue weighted by atomic mass is 16.5. The third-order valence-electron chi connectivity index (χ3n) is 4.67. The average Bonchev–Trinajstić information content (AvgIpc) is 3.07. The van der Waals surface area contributed by atoms with Gasteiger partial charge in [0, 0.05) is 19.3 Å². The van der Waals surface area contributed by atoms with Gasteiger partial charge in [-0.2, -0.15) is 0 Å². The molecule has 1 unspecified atom stereocenters. The van der Waals surface area contributed by atoms with Crippen LogP contribution in [0.5, 0.6) is 0 Å². The van der Waals surface area contributed by atoms with Crippen LogP contribution >= 0.6 is 0 Å². The number of aromatic amines is 1. The first-order valence-electron chi connectivity index (χ1n) is 8.39. The Morgan fingerprint density at radius 3 is 2.84 bits per heavy atom.